The quantitative estimate of drug-likeness (QED) is 0.218. The van der Waals surface area contributed by atoms with E-state index in [9.17, 15) is 0 Å². The van der Waals surface area contributed by atoms with Crippen LogP contribution in [0.3, 0.4) is 0 Å². The summed E-state index contributed by atoms with van der Waals surface area (Å²) in [6, 6.07) is 26.7. The number of ether oxygens (including phenoxy) is 2. The minimum absolute atomic E-state index is 0. The van der Waals surface area contributed by atoms with E-state index in [1.165, 1.54) is 67.5 Å². The van der Waals surface area contributed by atoms with Gasteiger partial charge in [-0.1, -0.05) is 99.2 Å². The van der Waals surface area contributed by atoms with Gasteiger partial charge in [-0.2, -0.15) is 0 Å². The van der Waals surface area contributed by atoms with Gasteiger partial charge in [-0.15, -0.1) is 0 Å². The van der Waals surface area contributed by atoms with E-state index in [1.807, 2.05) is 0 Å². The van der Waals surface area contributed by atoms with Gasteiger partial charge in [0.2, 0.25) is 5.90 Å². The first kappa shape index (κ1) is 29.9. The van der Waals surface area contributed by atoms with Crippen molar-refractivity contribution in [2.45, 2.75) is 83.5 Å². The average Bonchev–Trinajstić information content (AvgIpc) is 3.74. The zero-order chi connectivity index (χ0) is 26.3. The first-order valence-corrected chi connectivity index (χ1v) is 15.8. The molecule has 6 rings (SSSR count). The van der Waals surface area contributed by atoms with Crippen LogP contribution in [-0.2, 0) is 28.4 Å². The molecule has 1 heterocycles. The van der Waals surface area contributed by atoms with E-state index in [-0.39, 0.29) is 23.1 Å². The Bertz CT molecular complexity index is 1170. The van der Waals surface area contributed by atoms with Gasteiger partial charge in [0.1, 0.15) is 12.4 Å². The minimum atomic E-state index is -0.436. The van der Waals surface area contributed by atoms with Crippen LogP contribution in [0.1, 0.15) is 75.0 Å². The third kappa shape index (κ3) is 7.15. The number of fused-ring (bicyclic) bond motifs is 1. The molecule has 3 aromatic carbocycles. The van der Waals surface area contributed by atoms with Crippen LogP contribution in [0, 0.1) is 12.8 Å². The zero-order valence-corrected chi connectivity index (χ0v) is 25.6. The summed E-state index contributed by atoms with van der Waals surface area (Å²) in [6.07, 6.45) is 11.3. The van der Waals surface area contributed by atoms with Gasteiger partial charge in [-0.3, -0.25) is 0 Å². The Balaban J connectivity index is 0.000000530. The second kappa shape index (κ2) is 14.5. The molecule has 0 radical (unpaired) electrons. The molecule has 3 aromatic rings. The number of aryl methyl sites for hydroxylation is 1. The average molecular weight is 584 g/mol. The molecule has 0 aromatic heterocycles. The maximum atomic E-state index is 6.07. The van der Waals surface area contributed by atoms with Gasteiger partial charge in [-0.25, -0.2) is 4.99 Å². The van der Waals surface area contributed by atoms with E-state index >= 15 is 0 Å². The predicted octanol–water partition coefficient (Wildman–Crippen LogP) is 7.92. The number of hydrogen-bond donors (Lipinski definition) is 0. The van der Waals surface area contributed by atoms with Gasteiger partial charge in [0.25, 0.3) is 0 Å². The van der Waals surface area contributed by atoms with E-state index in [2.05, 4.69) is 86.6 Å². The van der Waals surface area contributed by atoms with Crippen molar-refractivity contribution in [1.29, 1.82) is 0 Å². The summed E-state index contributed by atoms with van der Waals surface area (Å²) >= 11 is 0. The maximum Gasteiger partial charge on any atom is 0.217 e. The Morgan fingerprint density at radius 2 is 1.44 bits per heavy atom. The Morgan fingerprint density at radius 1 is 0.846 bits per heavy atom. The van der Waals surface area contributed by atoms with E-state index in [4.69, 9.17) is 14.5 Å². The molecule has 2 unspecified atom stereocenters. The van der Waals surface area contributed by atoms with E-state index < -0.39 is 7.92 Å². The Hall–Kier alpha value is -2.12. The first-order valence-electron chi connectivity index (χ1n) is 14.4. The van der Waals surface area contributed by atoms with Gasteiger partial charge in [0.05, 0.1) is 13.2 Å². The Morgan fingerprint density at radius 3 is 2.00 bits per heavy atom. The number of methoxy groups -OCH3 is 1. The maximum absolute atomic E-state index is 6.07. The fourth-order valence-electron chi connectivity index (χ4n) is 6.34. The normalized spacial score (nSPS) is 21.5. The molecular formula is C34H42FeNO2P. The molecule has 5 heteroatoms. The molecule has 0 saturated heterocycles. The van der Waals surface area contributed by atoms with Gasteiger partial charge in [0, 0.05) is 28.2 Å². The Kier molecular flexibility index (Phi) is 11.1. The summed E-state index contributed by atoms with van der Waals surface area (Å²) in [5.74, 6) is 2.23. The van der Waals surface area contributed by atoms with Crippen molar-refractivity contribution in [1.82, 2.24) is 0 Å². The van der Waals surface area contributed by atoms with Crippen molar-refractivity contribution in [2.24, 2.45) is 10.9 Å². The summed E-state index contributed by atoms with van der Waals surface area (Å²) in [6.45, 7) is 4.96. The smallest absolute Gasteiger partial charge is 0.217 e. The van der Waals surface area contributed by atoms with Crippen LogP contribution in [-0.4, -0.2) is 24.7 Å². The third-order valence-electron chi connectivity index (χ3n) is 8.34. The van der Waals surface area contributed by atoms with Gasteiger partial charge in [-0.05, 0) is 74.5 Å². The molecule has 0 N–H and O–H groups in total. The molecular weight excluding hydrogens is 541 g/mol. The van der Waals surface area contributed by atoms with E-state index in [0.717, 1.165) is 22.8 Å². The van der Waals surface area contributed by atoms with Gasteiger partial charge < -0.3 is 9.47 Å². The number of benzene rings is 3. The number of hydrogen-bond acceptors (Lipinski definition) is 3. The fraction of sp³-hybridized carbons (Fsp3) is 0.441. The molecule has 2 saturated carbocycles. The minimum Gasteiger partial charge on any atom is -0.496 e. The third-order valence-corrected chi connectivity index (χ3v) is 11.4. The second-order valence-electron chi connectivity index (χ2n) is 10.9. The molecule has 208 valence electrons. The van der Waals surface area contributed by atoms with Crippen molar-refractivity contribution in [3.8, 4) is 5.75 Å². The summed E-state index contributed by atoms with van der Waals surface area (Å²) in [5, 5.41) is 2.94. The Labute approximate surface area is 247 Å². The van der Waals surface area contributed by atoms with Crippen LogP contribution in [0.4, 0.5) is 0 Å². The van der Waals surface area contributed by atoms with Crippen molar-refractivity contribution < 1.29 is 26.5 Å². The molecule has 3 atom stereocenters. The molecule has 2 fully saturated rings. The van der Waals surface area contributed by atoms with Crippen molar-refractivity contribution in [2.75, 3.05) is 7.11 Å². The van der Waals surface area contributed by atoms with E-state index in [1.54, 1.807) is 7.11 Å². The van der Waals surface area contributed by atoms with Gasteiger partial charge >= 0.3 is 0 Å². The molecule has 0 bridgehead atoms. The number of nitrogens with zero attached hydrogens (tertiary/aromatic N) is 1. The van der Waals surface area contributed by atoms with Gasteiger partial charge in [0.15, 0.2) is 0 Å². The largest absolute Gasteiger partial charge is 0.496 e. The molecule has 1 aliphatic heterocycles. The summed E-state index contributed by atoms with van der Waals surface area (Å²) in [5.41, 5.74) is 4.06. The van der Waals surface area contributed by atoms with Crippen LogP contribution in [0.2, 0.25) is 0 Å². The molecule has 3 nitrogen and oxygen atoms in total. The van der Waals surface area contributed by atoms with E-state index in [0.29, 0.717) is 18.2 Å². The number of aliphatic imine (C=N–C) groups is 1. The topological polar surface area (TPSA) is 30.8 Å². The monoisotopic (exact) mass is 583 g/mol. The first-order chi connectivity index (χ1) is 18.7. The number of rotatable bonds is 6. The molecule has 0 amide bonds. The predicted molar refractivity (Wildman–Crippen MR) is 162 cm³/mol. The van der Waals surface area contributed by atoms with Crippen LogP contribution >= 0.6 is 7.92 Å². The fourth-order valence-corrected chi connectivity index (χ4v) is 9.62. The molecule has 39 heavy (non-hydrogen) atoms. The SMILES string of the molecule is C1CCCC1.COc1cc2c(cc1C)COC2=N[C@H](C)C1CCCC1P(c1ccccc1)c1ccccc1.[Fe]. The van der Waals surface area contributed by atoms with Crippen LogP contribution in [0.25, 0.3) is 0 Å². The zero-order valence-electron chi connectivity index (χ0n) is 23.6. The van der Waals surface area contributed by atoms with Crippen LogP contribution < -0.4 is 15.3 Å². The van der Waals surface area contributed by atoms with Crippen LogP contribution in [0.15, 0.2) is 77.8 Å². The summed E-state index contributed by atoms with van der Waals surface area (Å²) in [7, 11) is 1.29. The molecule has 2 aliphatic carbocycles. The standard InChI is InChI=1S/C29H32NO2P.C5H10.Fe/c1-20-17-22-19-32-29(26(22)18-27(20)31-3)30-21(2)25-15-10-16-28(25)33(23-11-6-4-7-12-23)24-13-8-5-9-14-24;1-2-4-5-3-1;/h4-9,11-14,17-18,21,25,28H,10,15-16,19H2,1-3H3;1-5H2;/t21-,25?,28?;;/m1../s1. The second-order valence-corrected chi connectivity index (χ2v) is 13.3. The van der Waals surface area contributed by atoms with Crippen LogP contribution in [0.5, 0.6) is 5.75 Å². The molecule has 0 spiro atoms. The molecule has 3 aliphatic rings. The van der Waals surface area contributed by atoms with Crippen molar-refractivity contribution >= 4 is 24.4 Å². The summed E-state index contributed by atoms with van der Waals surface area (Å²) in [4.78, 5) is 5.17. The van der Waals surface area contributed by atoms with Crippen molar-refractivity contribution in [3.63, 3.8) is 0 Å². The summed E-state index contributed by atoms with van der Waals surface area (Å²) < 4.78 is 11.6. The van der Waals surface area contributed by atoms with Crippen molar-refractivity contribution in [3.05, 3.63) is 89.5 Å².